The lowest BCUT2D eigenvalue weighted by Crippen LogP contribution is -2.20. The summed E-state index contributed by atoms with van der Waals surface area (Å²) in [6.07, 6.45) is 0.143. The summed E-state index contributed by atoms with van der Waals surface area (Å²) in [5, 5.41) is 0. The minimum absolute atomic E-state index is 0.143. The van der Waals surface area contributed by atoms with E-state index >= 15 is 0 Å². The summed E-state index contributed by atoms with van der Waals surface area (Å²) in [6, 6.07) is 17.0. The van der Waals surface area contributed by atoms with Crippen LogP contribution in [0.3, 0.4) is 0 Å². The second kappa shape index (κ2) is 6.73. The number of amides is 1. The molecule has 0 radical (unpaired) electrons. The van der Waals surface area contributed by atoms with Crippen LogP contribution in [0.2, 0.25) is 0 Å². The molecule has 4 N–H and O–H groups in total. The summed E-state index contributed by atoms with van der Waals surface area (Å²) in [4.78, 5) is 10.8. The summed E-state index contributed by atoms with van der Waals surface area (Å²) in [6.45, 7) is 0.521. The Balaban J connectivity index is 1.93. The van der Waals surface area contributed by atoms with Crippen molar-refractivity contribution >= 4 is 5.91 Å². The van der Waals surface area contributed by atoms with Gasteiger partial charge in [-0.3, -0.25) is 4.79 Å². The number of ether oxygens (including phenoxy) is 1. The quantitative estimate of drug-likeness (QED) is 0.844. The second-order valence-electron chi connectivity index (χ2n) is 4.62. The van der Waals surface area contributed by atoms with Crippen molar-refractivity contribution in [3.8, 4) is 5.75 Å². The molecule has 0 unspecified atom stereocenters. The number of primary amides is 1. The van der Waals surface area contributed by atoms with Crippen molar-refractivity contribution in [3.05, 3.63) is 65.7 Å². The topological polar surface area (TPSA) is 78.3 Å². The Morgan fingerprint density at radius 1 is 1.05 bits per heavy atom. The van der Waals surface area contributed by atoms with Gasteiger partial charge in [0.2, 0.25) is 5.91 Å². The molecule has 4 heteroatoms. The first-order valence-electron chi connectivity index (χ1n) is 6.46. The molecule has 1 atom stereocenters. The van der Waals surface area contributed by atoms with Crippen LogP contribution in [0.1, 0.15) is 23.6 Å². The van der Waals surface area contributed by atoms with Gasteiger partial charge in [-0.05, 0) is 23.3 Å². The molecule has 0 spiro atoms. The third-order valence-corrected chi connectivity index (χ3v) is 2.98. The van der Waals surface area contributed by atoms with Gasteiger partial charge in [0.15, 0.2) is 0 Å². The molecule has 0 heterocycles. The highest BCUT2D eigenvalue weighted by molar-refractivity contribution is 5.74. The van der Waals surface area contributed by atoms with Crippen LogP contribution in [0.25, 0.3) is 0 Å². The van der Waals surface area contributed by atoms with Crippen LogP contribution in [0, 0.1) is 0 Å². The van der Waals surface area contributed by atoms with Crippen molar-refractivity contribution < 1.29 is 9.53 Å². The van der Waals surface area contributed by atoms with E-state index in [1.807, 2.05) is 54.6 Å². The van der Waals surface area contributed by atoms with Crippen molar-refractivity contribution in [2.75, 3.05) is 0 Å². The van der Waals surface area contributed by atoms with Gasteiger partial charge in [-0.15, -0.1) is 0 Å². The molecule has 104 valence electrons. The normalized spacial score (nSPS) is 11.8. The highest BCUT2D eigenvalue weighted by Gasteiger charge is 2.09. The fourth-order valence-electron chi connectivity index (χ4n) is 1.89. The third kappa shape index (κ3) is 4.10. The molecule has 2 aromatic carbocycles. The van der Waals surface area contributed by atoms with E-state index in [0.29, 0.717) is 6.61 Å². The Labute approximate surface area is 118 Å². The van der Waals surface area contributed by atoms with E-state index in [4.69, 9.17) is 16.2 Å². The molecular weight excluding hydrogens is 252 g/mol. The van der Waals surface area contributed by atoms with Gasteiger partial charge < -0.3 is 16.2 Å². The minimum Gasteiger partial charge on any atom is -0.489 e. The maximum absolute atomic E-state index is 10.8. The monoisotopic (exact) mass is 270 g/mol. The molecule has 20 heavy (non-hydrogen) atoms. The van der Waals surface area contributed by atoms with Crippen molar-refractivity contribution in [2.45, 2.75) is 19.1 Å². The van der Waals surface area contributed by atoms with E-state index in [1.165, 1.54) is 0 Å². The van der Waals surface area contributed by atoms with Gasteiger partial charge in [-0.25, -0.2) is 0 Å². The zero-order valence-electron chi connectivity index (χ0n) is 11.2. The SMILES string of the molecule is NC(=O)C[C@H](N)c1ccc(OCc2ccccc2)cc1. The molecule has 1 amide bonds. The predicted octanol–water partition coefficient (Wildman–Crippen LogP) is 2.14. The Morgan fingerprint density at radius 3 is 2.30 bits per heavy atom. The predicted molar refractivity (Wildman–Crippen MR) is 78.0 cm³/mol. The lowest BCUT2D eigenvalue weighted by Gasteiger charge is -2.11. The van der Waals surface area contributed by atoms with Gasteiger partial charge in [0, 0.05) is 12.5 Å². The summed E-state index contributed by atoms with van der Waals surface area (Å²) in [5.74, 6) is 0.366. The molecule has 0 saturated carbocycles. The van der Waals surface area contributed by atoms with Crippen LogP contribution in [0.15, 0.2) is 54.6 Å². The van der Waals surface area contributed by atoms with E-state index < -0.39 is 5.91 Å². The van der Waals surface area contributed by atoms with E-state index in [9.17, 15) is 4.79 Å². The average molecular weight is 270 g/mol. The molecular formula is C16H18N2O2. The smallest absolute Gasteiger partial charge is 0.219 e. The van der Waals surface area contributed by atoms with Crippen LogP contribution in [-0.4, -0.2) is 5.91 Å². The highest BCUT2D eigenvalue weighted by atomic mass is 16.5. The largest absolute Gasteiger partial charge is 0.489 e. The number of hydrogen-bond donors (Lipinski definition) is 2. The van der Waals surface area contributed by atoms with Crippen molar-refractivity contribution in [2.24, 2.45) is 11.5 Å². The Bertz CT molecular complexity index is 552. The molecule has 0 aliphatic carbocycles. The van der Waals surface area contributed by atoms with E-state index in [2.05, 4.69) is 0 Å². The zero-order valence-corrected chi connectivity index (χ0v) is 11.2. The first kappa shape index (κ1) is 14.1. The van der Waals surface area contributed by atoms with E-state index in [-0.39, 0.29) is 12.5 Å². The van der Waals surface area contributed by atoms with Gasteiger partial charge in [0.1, 0.15) is 12.4 Å². The average Bonchev–Trinajstić information content (AvgIpc) is 2.46. The number of carbonyl (C=O) groups is 1. The fraction of sp³-hybridized carbons (Fsp3) is 0.188. The molecule has 0 aliphatic heterocycles. The highest BCUT2D eigenvalue weighted by Crippen LogP contribution is 2.19. The van der Waals surface area contributed by atoms with E-state index in [1.54, 1.807) is 0 Å². The summed E-state index contributed by atoms with van der Waals surface area (Å²) in [5.41, 5.74) is 13.0. The molecule has 2 rings (SSSR count). The van der Waals surface area contributed by atoms with Gasteiger partial charge in [0.05, 0.1) is 0 Å². The van der Waals surface area contributed by atoms with E-state index in [0.717, 1.165) is 16.9 Å². The van der Waals surface area contributed by atoms with Gasteiger partial charge >= 0.3 is 0 Å². The maximum atomic E-state index is 10.8. The van der Waals surface area contributed by atoms with Gasteiger partial charge in [0.25, 0.3) is 0 Å². The summed E-state index contributed by atoms with van der Waals surface area (Å²) in [7, 11) is 0. The van der Waals surface area contributed by atoms with Crippen molar-refractivity contribution in [1.29, 1.82) is 0 Å². The molecule has 2 aromatic rings. The van der Waals surface area contributed by atoms with Crippen molar-refractivity contribution in [1.82, 2.24) is 0 Å². The Hall–Kier alpha value is -2.33. The Morgan fingerprint density at radius 2 is 1.70 bits per heavy atom. The fourth-order valence-corrected chi connectivity index (χ4v) is 1.89. The van der Waals surface area contributed by atoms with Crippen LogP contribution in [-0.2, 0) is 11.4 Å². The lowest BCUT2D eigenvalue weighted by molar-refractivity contribution is -0.118. The van der Waals surface area contributed by atoms with Crippen LogP contribution >= 0.6 is 0 Å². The number of carbonyl (C=O) groups excluding carboxylic acids is 1. The number of rotatable bonds is 6. The van der Waals surface area contributed by atoms with Crippen LogP contribution in [0.5, 0.6) is 5.75 Å². The molecule has 0 bridgehead atoms. The molecule has 0 aromatic heterocycles. The first-order chi connectivity index (χ1) is 9.65. The molecule has 4 nitrogen and oxygen atoms in total. The first-order valence-corrected chi connectivity index (χ1v) is 6.46. The molecule has 0 aliphatic rings. The number of nitrogens with two attached hydrogens (primary N) is 2. The third-order valence-electron chi connectivity index (χ3n) is 2.98. The second-order valence-corrected chi connectivity index (χ2v) is 4.62. The number of benzene rings is 2. The summed E-state index contributed by atoms with van der Waals surface area (Å²) < 4.78 is 5.68. The van der Waals surface area contributed by atoms with Crippen LogP contribution < -0.4 is 16.2 Å². The summed E-state index contributed by atoms with van der Waals surface area (Å²) >= 11 is 0. The standard InChI is InChI=1S/C16H18N2O2/c17-15(10-16(18)19)13-6-8-14(9-7-13)20-11-12-4-2-1-3-5-12/h1-9,15H,10-11,17H2,(H2,18,19)/t15-/m0/s1. The zero-order chi connectivity index (χ0) is 14.4. The maximum Gasteiger partial charge on any atom is 0.219 e. The van der Waals surface area contributed by atoms with Crippen LogP contribution in [0.4, 0.5) is 0 Å². The Kier molecular flexibility index (Phi) is 4.74. The van der Waals surface area contributed by atoms with Crippen molar-refractivity contribution in [3.63, 3.8) is 0 Å². The van der Waals surface area contributed by atoms with Gasteiger partial charge in [-0.2, -0.15) is 0 Å². The molecule has 0 saturated heterocycles. The lowest BCUT2D eigenvalue weighted by atomic mass is 10.0. The minimum atomic E-state index is -0.401. The number of hydrogen-bond acceptors (Lipinski definition) is 3. The molecule has 0 fully saturated rings. The van der Waals surface area contributed by atoms with Gasteiger partial charge in [-0.1, -0.05) is 42.5 Å².